The molecule has 0 saturated carbocycles. The van der Waals surface area contributed by atoms with Gasteiger partial charge < -0.3 is 14.9 Å². The van der Waals surface area contributed by atoms with Gasteiger partial charge in [0.15, 0.2) is 0 Å². The van der Waals surface area contributed by atoms with E-state index in [1.54, 1.807) is 4.90 Å². The van der Waals surface area contributed by atoms with E-state index >= 15 is 0 Å². The van der Waals surface area contributed by atoms with Gasteiger partial charge in [-0.05, 0) is 49.8 Å². The van der Waals surface area contributed by atoms with Crippen LogP contribution in [0.1, 0.15) is 52.8 Å². The second-order valence-electron chi connectivity index (χ2n) is 7.03. The van der Waals surface area contributed by atoms with Gasteiger partial charge in [0.05, 0.1) is 11.1 Å². The molecule has 2 fully saturated rings. The van der Waals surface area contributed by atoms with Gasteiger partial charge in [-0.1, -0.05) is 0 Å². The zero-order valence-electron chi connectivity index (χ0n) is 14.6. The van der Waals surface area contributed by atoms with Crippen molar-refractivity contribution in [2.75, 3.05) is 26.2 Å². The zero-order valence-corrected chi connectivity index (χ0v) is 14.6. The second kappa shape index (κ2) is 7.85. The molecule has 1 aromatic carbocycles. The molecule has 6 nitrogen and oxygen atoms in total. The Morgan fingerprint density at radius 3 is 2.50 bits per heavy atom. The minimum Gasteiger partial charge on any atom is -0.478 e. The molecule has 2 heterocycles. The molecule has 140 valence electrons. The fraction of sp³-hybridized carbons (Fsp3) is 0.526. The lowest BCUT2D eigenvalue weighted by atomic mass is 9.94. The summed E-state index contributed by atoms with van der Waals surface area (Å²) in [4.78, 5) is 38.8. The first-order chi connectivity index (χ1) is 12.5. The van der Waals surface area contributed by atoms with Gasteiger partial charge in [-0.25, -0.2) is 9.18 Å². The highest BCUT2D eigenvalue weighted by molar-refractivity contribution is 5.96. The number of rotatable bonds is 4. The van der Waals surface area contributed by atoms with Crippen molar-refractivity contribution >= 4 is 17.8 Å². The van der Waals surface area contributed by atoms with E-state index in [1.165, 1.54) is 12.1 Å². The number of amides is 2. The summed E-state index contributed by atoms with van der Waals surface area (Å²) in [6.45, 7) is 2.60. The van der Waals surface area contributed by atoms with E-state index in [4.69, 9.17) is 5.11 Å². The Kier molecular flexibility index (Phi) is 5.54. The summed E-state index contributed by atoms with van der Waals surface area (Å²) >= 11 is 0. The lowest BCUT2D eigenvalue weighted by Gasteiger charge is -2.36. The number of piperidine rings is 2. The maximum atomic E-state index is 14.1. The molecule has 2 aliphatic heterocycles. The summed E-state index contributed by atoms with van der Waals surface area (Å²) in [7, 11) is 0. The van der Waals surface area contributed by atoms with Crippen LogP contribution in [0.5, 0.6) is 0 Å². The Labute approximate surface area is 151 Å². The Balaban J connectivity index is 1.56. The molecule has 0 radical (unpaired) electrons. The summed E-state index contributed by atoms with van der Waals surface area (Å²) in [6, 6.07) is 3.36. The highest BCUT2D eigenvalue weighted by Crippen LogP contribution is 2.23. The van der Waals surface area contributed by atoms with Gasteiger partial charge in [0, 0.05) is 32.6 Å². The van der Waals surface area contributed by atoms with Crippen LogP contribution < -0.4 is 0 Å². The largest absolute Gasteiger partial charge is 0.478 e. The van der Waals surface area contributed by atoms with Crippen LogP contribution in [-0.2, 0) is 4.79 Å². The number of hydrogen-bond acceptors (Lipinski definition) is 3. The fourth-order valence-electron chi connectivity index (χ4n) is 3.68. The van der Waals surface area contributed by atoms with E-state index in [0.717, 1.165) is 44.8 Å². The van der Waals surface area contributed by atoms with Crippen molar-refractivity contribution in [1.82, 2.24) is 9.80 Å². The Morgan fingerprint density at radius 2 is 1.88 bits per heavy atom. The maximum Gasteiger partial charge on any atom is 0.335 e. The highest BCUT2D eigenvalue weighted by atomic mass is 19.1. The number of aromatic carboxylic acids is 1. The number of nitrogens with zero attached hydrogens (tertiary/aromatic N) is 2. The molecule has 1 N–H and O–H groups in total. The molecule has 2 amide bonds. The molecule has 0 bridgehead atoms. The summed E-state index contributed by atoms with van der Waals surface area (Å²) in [5.74, 6) is -1.87. The Bertz CT molecular complexity index is 713. The van der Waals surface area contributed by atoms with E-state index in [0.29, 0.717) is 25.4 Å². The van der Waals surface area contributed by atoms with Crippen LogP contribution in [0.2, 0.25) is 0 Å². The smallest absolute Gasteiger partial charge is 0.335 e. The molecule has 0 aliphatic carbocycles. The Hall–Kier alpha value is -2.44. The summed E-state index contributed by atoms with van der Waals surface area (Å²) < 4.78 is 14.1. The van der Waals surface area contributed by atoms with Crippen LogP contribution in [-0.4, -0.2) is 58.9 Å². The standard InChI is InChI=1S/C19H23FN2O4/c20-16-11-14(19(25)26)4-5-15(16)18(24)21-9-6-13(7-10-21)12-22-8-2-1-3-17(22)23/h4-5,11,13H,1-3,6-10,12H2,(H,25,26). The van der Waals surface area contributed by atoms with Gasteiger partial charge in [-0.3, -0.25) is 9.59 Å². The molecular formula is C19H23FN2O4. The molecule has 1 aromatic rings. The minimum atomic E-state index is -1.23. The number of carbonyl (C=O) groups is 3. The van der Waals surface area contributed by atoms with Crippen molar-refractivity contribution in [3.63, 3.8) is 0 Å². The molecule has 0 spiro atoms. The molecule has 26 heavy (non-hydrogen) atoms. The first-order valence-electron chi connectivity index (χ1n) is 9.05. The number of carboxylic acid groups (broad SMARTS) is 1. The lowest BCUT2D eigenvalue weighted by Crippen LogP contribution is -2.44. The Morgan fingerprint density at radius 1 is 1.15 bits per heavy atom. The predicted octanol–water partition coefficient (Wildman–Crippen LogP) is 2.39. The average molecular weight is 362 g/mol. The third kappa shape index (κ3) is 4.03. The quantitative estimate of drug-likeness (QED) is 0.892. The first kappa shape index (κ1) is 18.4. The molecule has 2 aliphatic rings. The molecule has 0 unspecified atom stereocenters. The van der Waals surface area contributed by atoms with E-state index < -0.39 is 17.7 Å². The van der Waals surface area contributed by atoms with Crippen molar-refractivity contribution in [3.05, 3.63) is 35.1 Å². The molecule has 0 atom stereocenters. The van der Waals surface area contributed by atoms with Crippen molar-refractivity contribution in [2.45, 2.75) is 32.1 Å². The van der Waals surface area contributed by atoms with E-state index in [1.807, 2.05) is 4.90 Å². The summed E-state index contributed by atoms with van der Waals surface area (Å²) in [5, 5.41) is 8.88. The second-order valence-corrected chi connectivity index (χ2v) is 7.03. The zero-order chi connectivity index (χ0) is 18.7. The van der Waals surface area contributed by atoms with Crippen LogP contribution in [0.3, 0.4) is 0 Å². The number of halogens is 1. The first-order valence-corrected chi connectivity index (χ1v) is 9.05. The number of carboxylic acids is 1. The molecule has 3 rings (SSSR count). The summed E-state index contributed by atoms with van der Waals surface area (Å²) in [6.07, 6.45) is 4.21. The van der Waals surface area contributed by atoms with Crippen LogP contribution in [0, 0.1) is 11.7 Å². The number of carbonyl (C=O) groups excluding carboxylic acids is 2. The lowest BCUT2D eigenvalue weighted by molar-refractivity contribution is -0.134. The van der Waals surface area contributed by atoms with E-state index in [2.05, 4.69) is 0 Å². The maximum absolute atomic E-state index is 14.1. The topological polar surface area (TPSA) is 77.9 Å². The molecule has 0 aromatic heterocycles. The van der Waals surface area contributed by atoms with Gasteiger partial charge in [-0.2, -0.15) is 0 Å². The van der Waals surface area contributed by atoms with Gasteiger partial charge in [-0.15, -0.1) is 0 Å². The van der Waals surface area contributed by atoms with Crippen molar-refractivity contribution in [3.8, 4) is 0 Å². The molecule has 7 heteroatoms. The van der Waals surface area contributed by atoms with Gasteiger partial charge >= 0.3 is 5.97 Å². The van der Waals surface area contributed by atoms with Crippen molar-refractivity contribution in [1.29, 1.82) is 0 Å². The third-order valence-electron chi connectivity index (χ3n) is 5.25. The van der Waals surface area contributed by atoms with Gasteiger partial charge in [0.2, 0.25) is 5.91 Å². The van der Waals surface area contributed by atoms with Crippen LogP contribution in [0.15, 0.2) is 18.2 Å². The van der Waals surface area contributed by atoms with Crippen LogP contribution in [0.4, 0.5) is 4.39 Å². The predicted molar refractivity (Wildman–Crippen MR) is 92.4 cm³/mol. The van der Waals surface area contributed by atoms with Gasteiger partial charge in [0.25, 0.3) is 5.91 Å². The van der Waals surface area contributed by atoms with E-state index in [9.17, 15) is 18.8 Å². The van der Waals surface area contributed by atoms with Crippen LogP contribution in [0.25, 0.3) is 0 Å². The number of likely N-dealkylation sites (tertiary alicyclic amines) is 2. The normalized spacial score (nSPS) is 18.9. The number of hydrogen-bond donors (Lipinski definition) is 1. The third-order valence-corrected chi connectivity index (χ3v) is 5.25. The minimum absolute atomic E-state index is 0.0975. The van der Waals surface area contributed by atoms with Crippen LogP contribution >= 0.6 is 0 Å². The number of benzene rings is 1. The molecular weight excluding hydrogens is 339 g/mol. The van der Waals surface area contributed by atoms with E-state index in [-0.39, 0.29) is 17.0 Å². The van der Waals surface area contributed by atoms with Crippen molar-refractivity contribution < 1.29 is 23.9 Å². The fourth-order valence-corrected chi connectivity index (χ4v) is 3.68. The molecule has 2 saturated heterocycles. The van der Waals surface area contributed by atoms with Crippen molar-refractivity contribution in [2.24, 2.45) is 5.92 Å². The monoisotopic (exact) mass is 362 g/mol. The average Bonchev–Trinajstić information content (AvgIpc) is 2.63. The van der Waals surface area contributed by atoms with Gasteiger partial charge in [0.1, 0.15) is 5.82 Å². The summed E-state index contributed by atoms with van der Waals surface area (Å²) in [5.41, 5.74) is -0.274. The SMILES string of the molecule is O=C(O)c1ccc(C(=O)N2CCC(CN3CCCCC3=O)CC2)c(F)c1. The highest BCUT2D eigenvalue weighted by Gasteiger charge is 2.28.